The SMILES string of the molecule is COc1cc2c(cc1Nc1ncc3cnn([C@H](C)CCO)c3n1)CN(C)CC2. The number of benzene rings is 1. The Balaban J connectivity index is 1.68. The zero-order valence-electron chi connectivity index (χ0n) is 16.5. The van der Waals surface area contributed by atoms with Crippen molar-refractivity contribution in [3.8, 4) is 5.75 Å². The predicted molar refractivity (Wildman–Crippen MR) is 108 cm³/mol. The first-order valence-electron chi connectivity index (χ1n) is 9.55. The minimum Gasteiger partial charge on any atom is -0.495 e. The molecule has 4 rings (SSSR count). The predicted octanol–water partition coefficient (Wildman–Crippen LogP) is 2.51. The van der Waals surface area contributed by atoms with E-state index in [4.69, 9.17) is 4.74 Å². The molecule has 0 saturated carbocycles. The van der Waals surface area contributed by atoms with Crippen molar-refractivity contribution in [3.05, 3.63) is 35.7 Å². The summed E-state index contributed by atoms with van der Waals surface area (Å²) >= 11 is 0. The summed E-state index contributed by atoms with van der Waals surface area (Å²) in [5.74, 6) is 1.28. The van der Waals surface area contributed by atoms with Gasteiger partial charge in [0, 0.05) is 25.9 Å². The highest BCUT2D eigenvalue weighted by Crippen LogP contribution is 2.33. The minimum absolute atomic E-state index is 0.0547. The summed E-state index contributed by atoms with van der Waals surface area (Å²) in [5, 5.41) is 17.8. The van der Waals surface area contributed by atoms with E-state index in [0.29, 0.717) is 12.4 Å². The molecule has 2 aromatic heterocycles. The average molecular weight is 382 g/mol. The van der Waals surface area contributed by atoms with Crippen molar-refractivity contribution in [1.29, 1.82) is 0 Å². The zero-order chi connectivity index (χ0) is 19.7. The van der Waals surface area contributed by atoms with E-state index in [9.17, 15) is 5.11 Å². The molecule has 0 unspecified atom stereocenters. The molecular formula is C20H26N6O2. The first-order chi connectivity index (χ1) is 13.6. The number of nitrogens with zero attached hydrogens (tertiary/aromatic N) is 5. The smallest absolute Gasteiger partial charge is 0.229 e. The Morgan fingerprint density at radius 1 is 1.29 bits per heavy atom. The Morgan fingerprint density at radius 3 is 2.93 bits per heavy atom. The standard InChI is InChI=1S/C20H26N6O2/c1-13(5-7-27)26-19-16(11-22-26)10-21-20(24-19)23-17-8-15-12-25(2)6-4-14(15)9-18(17)28-3/h8-11,13,27H,4-7,12H2,1-3H3,(H,21,23,24)/t13-/m1/s1. The Morgan fingerprint density at radius 2 is 2.14 bits per heavy atom. The molecule has 0 radical (unpaired) electrons. The van der Waals surface area contributed by atoms with Crippen molar-refractivity contribution in [3.63, 3.8) is 0 Å². The van der Waals surface area contributed by atoms with Gasteiger partial charge in [-0.2, -0.15) is 10.1 Å². The Kier molecular flexibility index (Phi) is 5.15. The van der Waals surface area contributed by atoms with Crippen LogP contribution in [-0.4, -0.2) is 57.1 Å². The summed E-state index contributed by atoms with van der Waals surface area (Å²) in [6, 6.07) is 4.29. The fourth-order valence-corrected chi connectivity index (χ4v) is 3.64. The maximum atomic E-state index is 9.23. The lowest BCUT2D eigenvalue weighted by Crippen LogP contribution is -2.26. The van der Waals surface area contributed by atoms with Crippen molar-refractivity contribution < 1.29 is 9.84 Å². The molecule has 3 aromatic rings. The van der Waals surface area contributed by atoms with Crippen molar-refractivity contribution in [1.82, 2.24) is 24.6 Å². The van der Waals surface area contributed by atoms with Crippen LogP contribution in [0.2, 0.25) is 0 Å². The van der Waals surface area contributed by atoms with Crippen LogP contribution in [0.4, 0.5) is 11.6 Å². The van der Waals surface area contributed by atoms with Crippen LogP contribution in [0.3, 0.4) is 0 Å². The maximum absolute atomic E-state index is 9.23. The average Bonchev–Trinajstić information content (AvgIpc) is 3.11. The molecule has 1 atom stereocenters. The van der Waals surface area contributed by atoms with E-state index < -0.39 is 0 Å². The van der Waals surface area contributed by atoms with Crippen LogP contribution >= 0.6 is 0 Å². The van der Waals surface area contributed by atoms with Crippen LogP contribution < -0.4 is 10.1 Å². The van der Waals surface area contributed by atoms with Gasteiger partial charge in [0.05, 0.1) is 30.4 Å². The monoisotopic (exact) mass is 382 g/mol. The van der Waals surface area contributed by atoms with Gasteiger partial charge < -0.3 is 20.1 Å². The molecule has 28 heavy (non-hydrogen) atoms. The number of nitrogens with one attached hydrogen (secondary N) is 1. The molecule has 0 amide bonds. The van der Waals surface area contributed by atoms with Crippen LogP contribution in [-0.2, 0) is 13.0 Å². The fraction of sp³-hybridized carbons (Fsp3) is 0.450. The summed E-state index contributed by atoms with van der Waals surface area (Å²) in [6.07, 6.45) is 5.16. The maximum Gasteiger partial charge on any atom is 0.229 e. The molecule has 3 heterocycles. The Labute approximate surface area is 164 Å². The molecule has 148 valence electrons. The molecule has 1 aromatic carbocycles. The molecule has 0 bridgehead atoms. The van der Waals surface area contributed by atoms with Gasteiger partial charge in [-0.25, -0.2) is 9.67 Å². The van der Waals surface area contributed by atoms with Gasteiger partial charge >= 0.3 is 0 Å². The van der Waals surface area contributed by atoms with Crippen molar-refractivity contribution >= 4 is 22.7 Å². The van der Waals surface area contributed by atoms with E-state index in [1.54, 1.807) is 19.5 Å². The molecule has 8 heteroatoms. The molecule has 8 nitrogen and oxygen atoms in total. The number of likely N-dealkylation sites (N-methyl/N-ethyl adjacent to an activating group) is 1. The third kappa shape index (κ3) is 3.53. The third-order valence-corrected chi connectivity index (χ3v) is 5.27. The number of hydrogen-bond donors (Lipinski definition) is 2. The number of rotatable bonds is 6. The van der Waals surface area contributed by atoms with E-state index >= 15 is 0 Å². The molecule has 0 spiro atoms. The number of aliphatic hydroxyl groups is 1. The largest absolute Gasteiger partial charge is 0.495 e. The molecule has 0 aliphatic carbocycles. The first-order valence-corrected chi connectivity index (χ1v) is 9.55. The molecule has 0 fully saturated rings. The molecular weight excluding hydrogens is 356 g/mol. The Bertz CT molecular complexity index is 986. The van der Waals surface area contributed by atoms with Crippen LogP contribution in [0, 0.1) is 0 Å². The van der Waals surface area contributed by atoms with Gasteiger partial charge in [0.25, 0.3) is 0 Å². The lowest BCUT2D eigenvalue weighted by molar-refractivity contribution is 0.259. The third-order valence-electron chi connectivity index (χ3n) is 5.27. The van der Waals surface area contributed by atoms with E-state index in [0.717, 1.165) is 42.0 Å². The van der Waals surface area contributed by atoms with E-state index in [-0.39, 0.29) is 12.6 Å². The highest BCUT2D eigenvalue weighted by Gasteiger charge is 2.18. The second-order valence-corrected chi connectivity index (χ2v) is 7.36. The van der Waals surface area contributed by atoms with Gasteiger partial charge in [-0.1, -0.05) is 0 Å². The minimum atomic E-state index is 0.0547. The fourth-order valence-electron chi connectivity index (χ4n) is 3.64. The lowest BCUT2D eigenvalue weighted by atomic mass is 9.99. The van der Waals surface area contributed by atoms with Crippen molar-refractivity contribution in [2.75, 3.05) is 32.6 Å². The highest BCUT2D eigenvalue weighted by molar-refractivity contribution is 5.76. The van der Waals surface area contributed by atoms with Gasteiger partial charge in [-0.05, 0) is 50.1 Å². The number of aromatic nitrogens is 4. The highest BCUT2D eigenvalue weighted by atomic mass is 16.5. The van der Waals surface area contributed by atoms with Gasteiger partial charge in [0.15, 0.2) is 5.65 Å². The van der Waals surface area contributed by atoms with Crippen LogP contribution in [0.5, 0.6) is 5.75 Å². The number of aliphatic hydroxyl groups excluding tert-OH is 1. The van der Waals surface area contributed by atoms with Crippen LogP contribution in [0.15, 0.2) is 24.5 Å². The van der Waals surface area contributed by atoms with Gasteiger partial charge in [0.2, 0.25) is 5.95 Å². The van der Waals surface area contributed by atoms with Crippen molar-refractivity contribution in [2.24, 2.45) is 0 Å². The van der Waals surface area contributed by atoms with Crippen molar-refractivity contribution in [2.45, 2.75) is 32.4 Å². The number of ether oxygens (including phenoxy) is 1. The summed E-state index contributed by atoms with van der Waals surface area (Å²) in [6.45, 7) is 4.10. The van der Waals surface area contributed by atoms with Gasteiger partial charge in [-0.15, -0.1) is 0 Å². The van der Waals surface area contributed by atoms with Gasteiger partial charge in [-0.3, -0.25) is 0 Å². The number of hydrogen-bond acceptors (Lipinski definition) is 7. The quantitative estimate of drug-likeness (QED) is 0.677. The Hall–Kier alpha value is -2.71. The molecule has 0 saturated heterocycles. The summed E-state index contributed by atoms with van der Waals surface area (Å²) < 4.78 is 7.43. The molecule has 1 aliphatic heterocycles. The number of anilines is 2. The summed E-state index contributed by atoms with van der Waals surface area (Å²) in [7, 11) is 3.81. The topological polar surface area (TPSA) is 88.3 Å². The van der Waals surface area contributed by atoms with Gasteiger partial charge in [0.1, 0.15) is 5.75 Å². The second kappa shape index (κ2) is 7.73. The van der Waals surface area contributed by atoms with E-state index in [1.807, 2.05) is 11.6 Å². The zero-order valence-corrected chi connectivity index (χ0v) is 16.5. The first kappa shape index (κ1) is 18.6. The van der Waals surface area contributed by atoms with E-state index in [1.165, 1.54) is 11.1 Å². The van der Waals surface area contributed by atoms with Crippen LogP contribution in [0.25, 0.3) is 11.0 Å². The molecule has 2 N–H and O–H groups in total. The summed E-state index contributed by atoms with van der Waals surface area (Å²) in [4.78, 5) is 11.4. The normalized spacial score (nSPS) is 15.4. The number of fused-ring (bicyclic) bond motifs is 2. The van der Waals surface area contributed by atoms with Crippen LogP contribution in [0.1, 0.15) is 30.5 Å². The number of methoxy groups -OCH3 is 1. The second-order valence-electron chi connectivity index (χ2n) is 7.36. The van der Waals surface area contributed by atoms with E-state index in [2.05, 4.69) is 44.5 Å². The molecule has 1 aliphatic rings. The summed E-state index contributed by atoms with van der Waals surface area (Å²) in [5.41, 5.74) is 4.22. The lowest BCUT2D eigenvalue weighted by Gasteiger charge is -2.26.